The summed E-state index contributed by atoms with van der Waals surface area (Å²) in [6.45, 7) is 7.30. The van der Waals surface area contributed by atoms with E-state index < -0.39 is 0 Å². The minimum absolute atomic E-state index is 0.564. The van der Waals surface area contributed by atoms with Crippen LogP contribution in [-0.2, 0) is 6.42 Å². The van der Waals surface area contributed by atoms with E-state index >= 15 is 0 Å². The molecule has 16 heavy (non-hydrogen) atoms. The summed E-state index contributed by atoms with van der Waals surface area (Å²) < 4.78 is 6.70. The van der Waals surface area contributed by atoms with Gasteiger partial charge >= 0.3 is 0 Å². The van der Waals surface area contributed by atoms with Crippen molar-refractivity contribution in [3.63, 3.8) is 0 Å². The Morgan fingerprint density at radius 1 is 1.50 bits per heavy atom. The van der Waals surface area contributed by atoms with Crippen LogP contribution < -0.4 is 10.1 Å². The molecule has 0 heterocycles. The molecule has 1 aromatic rings. The number of nitrogens with one attached hydrogen (secondary N) is 1. The summed E-state index contributed by atoms with van der Waals surface area (Å²) in [6.07, 6.45) is 0.987. The number of hydrogen-bond donors (Lipinski definition) is 1. The Morgan fingerprint density at radius 3 is 2.88 bits per heavy atom. The quantitative estimate of drug-likeness (QED) is 0.810. The summed E-state index contributed by atoms with van der Waals surface area (Å²) in [7, 11) is 1.95. The predicted molar refractivity (Wildman–Crippen MR) is 72.1 cm³/mol. The zero-order chi connectivity index (χ0) is 12.0. The second kappa shape index (κ2) is 6.71. The van der Waals surface area contributed by atoms with Crippen molar-refractivity contribution in [1.29, 1.82) is 0 Å². The van der Waals surface area contributed by atoms with Crippen molar-refractivity contribution in [3.8, 4) is 5.75 Å². The average Bonchev–Trinajstić information content (AvgIpc) is 2.26. The van der Waals surface area contributed by atoms with E-state index in [1.807, 2.05) is 26.1 Å². The third-order valence-corrected chi connectivity index (χ3v) is 3.06. The first-order valence-electron chi connectivity index (χ1n) is 5.34. The Balaban J connectivity index is 2.73. The Morgan fingerprint density at radius 2 is 2.25 bits per heavy atom. The molecule has 0 aliphatic carbocycles. The van der Waals surface area contributed by atoms with Gasteiger partial charge in [-0.1, -0.05) is 18.7 Å². The van der Waals surface area contributed by atoms with Crippen LogP contribution >= 0.6 is 15.9 Å². The van der Waals surface area contributed by atoms with E-state index in [1.165, 1.54) is 5.56 Å². The SMILES string of the molecule is C=C(C)COc1cccc(CCNC)c1Br. The molecule has 3 heteroatoms. The minimum Gasteiger partial charge on any atom is -0.488 e. The van der Waals surface area contributed by atoms with E-state index in [4.69, 9.17) is 4.74 Å². The lowest BCUT2D eigenvalue weighted by Crippen LogP contribution is -2.10. The van der Waals surface area contributed by atoms with Crippen LogP contribution in [0, 0.1) is 0 Å². The molecule has 1 rings (SSSR count). The van der Waals surface area contributed by atoms with Crippen molar-refractivity contribution in [1.82, 2.24) is 5.32 Å². The van der Waals surface area contributed by atoms with E-state index in [2.05, 4.69) is 33.9 Å². The van der Waals surface area contributed by atoms with Crippen molar-refractivity contribution >= 4 is 15.9 Å². The molecular weight excluding hydrogens is 266 g/mol. The molecule has 1 N–H and O–H groups in total. The zero-order valence-corrected chi connectivity index (χ0v) is 11.4. The van der Waals surface area contributed by atoms with Crippen LogP contribution in [0.1, 0.15) is 12.5 Å². The lowest BCUT2D eigenvalue weighted by atomic mass is 10.1. The van der Waals surface area contributed by atoms with E-state index in [0.29, 0.717) is 6.61 Å². The second-order valence-electron chi connectivity index (χ2n) is 3.83. The molecule has 0 radical (unpaired) electrons. The molecule has 0 spiro atoms. The fraction of sp³-hybridized carbons (Fsp3) is 0.385. The topological polar surface area (TPSA) is 21.3 Å². The van der Waals surface area contributed by atoms with Gasteiger partial charge < -0.3 is 10.1 Å². The molecule has 0 saturated carbocycles. The van der Waals surface area contributed by atoms with Crippen LogP contribution in [0.15, 0.2) is 34.8 Å². The molecular formula is C13H18BrNO. The molecule has 0 unspecified atom stereocenters. The van der Waals surface area contributed by atoms with E-state index in [1.54, 1.807) is 0 Å². The highest BCUT2D eigenvalue weighted by atomic mass is 79.9. The summed E-state index contributed by atoms with van der Waals surface area (Å²) in [5.41, 5.74) is 2.28. The maximum atomic E-state index is 5.65. The van der Waals surface area contributed by atoms with Crippen LogP contribution in [0.5, 0.6) is 5.75 Å². The van der Waals surface area contributed by atoms with Crippen LogP contribution in [-0.4, -0.2) is 20.2 Å². The molecule has 0 aliphatic rings. The normalized spacial score (nSPS) is 10.2. The Labute approximate surface area is 106 Å². The lowest BCUT2D eigenvalue weighted by molar-refractivity contribution is 0.350. The maximum Gasteiger partial charge on any atom is 0.134 e. The molecule has 88 valence electrons. The number of rotatable bonds is 6. The number of halogens is 1. The molecule has 0 aliphatic heterocycles. The molecule has 0 fully saturated rings. The Bertz CT molecular complexity index is 363. The molecule has 2 nitrogen and oxygen atoms in total. The number of hydrogen-bond acceptors (Lipinski definition) is 2. The van der Waals surface area contributed by atoms with E-state index in [9.17, 15) is 0 Å². The van der Waals surface area contributed by atoms with Gasteiger partial charge in [-0.05, 0) is 60.1 Å². The first-order chi connectivity index (χ1) is 7.65. The first-order valence-corrected chi connectivity index (χ1v) is 6.13. The fourth-order valence-corrected chi connectivity index (χ4v) is 1.90. The van der Waals surface area contributed by atoms with Gasteiger partial charge in [0.2, 0.25) is 0 Å². The molecule has 0 saturated heterocycles. The van der Waals surface area contributed by atoms with Crippen molar-refractivity contribution in [2.45, 2.75) is 13.3 Å². The van der Waals surface area contributed by atoms with Crippen LogP contribution in [0.25, 0.3) is 0 Å². The van der Waals surface area contributed by atoms with Gasteiger partial charge in [0.15, 0.2) is 0 Å². The molecule has 0 amide bonds. The average molecular weight is 284 g/mol. The summed E-state index contributed by atoms with van der Waals surface area (Å²) in [5.74, 6) is 0.886. The smallest absolute Gasteiger partial charge is 0.134 e. The summed E-state index contributed by atoms with van der Waals surface area (Å²) >= 11 is 3.58. The maximum absolute atomic E-state index is 5.65. The van der Waals surface area contributed by atoms with Gasteiger partial charge in [0, 0.05) is 0 Å². The van der Waals surface area contributed by atoms with Crippen molar-refractivity contribution < 1.29 is 4.74 Å². The summed E-state index contributed by atoms with van der Waals surface area (Å²) in [4.78, 5) is 0. The van der Waals surface area contributed by atoms with Gasteiger partial charge in [0.05, 0.1) is 4.47 Å². The molecule has 0 bridgehead atoms. The van der Waals surface area contributed by atoms with E-state index in [-0.39, 0.29) is 0 Å². The Hall–Kier alpha value is -0.800. The first kappa shape index (κ1) is 13.3. The predicted octanol–water partition coefficient (Wildman–Crippen LogP) is 3.17. The van der Waals surface area contributed by atoms with E-state index in [0.717, 1.165) is 28.8 Å². The van der Waals surface area contributed by atoms with Crippen LogP contribution in [0.2, 0.25) is 0 Å². The van der Waals surface area contributed by atoms with Crippen molar-refractivity contribution in [2.75, 3.05) is 20.2 Å². The number of benzene rings is 1. The van der Waals surface area contributed by atoms with Crippen molar-refractivity contribution in [2.24, 2.45) is 0 Å². The highest BCUT2D eigenvalue weighted by Crippen LogP contribution is 2.29. The lowest BCUT2D eigenvalue weighted by Gasteiger charge is -2.11. The zero-order valence-electron chi connectivity index (χ0n) is 9.85. The monoisotopic (exact) mass is 283 g/mol. The molecule has 0 atom stereocenters. The second-order valence-corrected chi connectivity index (χ2v) is 4.62. The highest BCUT2D eigenvalue weighted by Gasteiger charge is 2.06. The van der Waals surface area contributed by atoms with Gasteiger partial charge in [-0.2, -0.15) is 0 Å². The van der Waals surface area contributed by atoms with Gasteiger partial charge in [-0.3, -0.25) is 0 Å². The Kier molecular flexibility index (Phi) is 5.56. The van der Waals surface area contributed by atoms with Crippen LogP contribution in [0.4, 0.5) is 0 Å². The fourth-order valence-electron chi connectivity index (χ4n) is 1.32. The van der Waals surface area contributed by atoms with Crippen LogP contribution in [0.3, 0.4) is 0 Å². The number of likely N-dealkylation sites (N-methyl/N-ethyl adjacent to an activating group) is 1. The van der Waals surface area contributed by atoms with Gasteiger partial charge in [-0.15, -0.1) is 0 Å². The highest BCUT2D eigenvalue weighted by molar-refractivity contribution is 9.10. The molecule has 1 aromatic carbocycles. The third-order valence-electron chi connectivity index (χ3n) is 2.16. The summed E-state index contributed by atoms with van der Waals surface area (Å²) in [5, 5.41) is 3.14. The summed E-state index contributed by atoms with van der Waals surface area (Å²) in [6, 6.07) is 6.09. The standard InChI is InChI=1S/C13H18BrNO/c1-10(2)9-16-12-6-4-5-11(13(12)14)7-8-15-3/h4-6,15H,1,7-9H2,2-3H3. The number of ether oxygens (including phenoxy) is 1. The van der Waals surface area contributed by atoms with Gasteiger partial charge in [0.25, 0.3) is 0 Å². The largest absolute Gasteiger partial charge is 0.488 e. The van der Waals surface area contributed by atoms with Gasteiger partial charge in [0.1, 0.15) is 12.4 Å². The third kappa shape index (κ3) is 3.99. The minimum atomic E-state index is 0.564. The van der Waals surface area contributed by atoms with Crippen molar-refractivity contribution in [3.05, 3.63) is 40.4 Å². The van der Waals surface area contributed by atoms with Gasteiger partial charge in [-0.25, -0.2) is 0 Å². The molecule has 0 aromatic heterocycles.